The quantitative estimate of drug-likeness (QED) is 0.738. The fourth-order valence-corrected chi connectivity index (χ4v) is 1.03. The fraction of sp³-hybridized carbons (Fsp3) is 0.625. The Labute approximate surface area is 93.0 Å². The highest BCUT2D eigenvalue weighted by molar-refractivity contribution is 6.28. The molecule has 0 saturated heterocycles. The van der Waals surface area contributed by atoms with Crippen molar-refractivity contribution in [2.75, 3.05) is 32.2 Å². The van der Waals surface area contributed by atoms with E-state index in [9.17, 15) is 0 Å². The molecule has 0 bridgehead atoms. The van der Waals surface area contributed by atoms with Gasteiger partial charge in [-0.3, -0.25) is 0 Å². The number of aromatic nitrogens is 3. The summed E-state index contributed by atoms with van der Waals surface area (Å²) in [5.41, 5.74) is 0. The Hall–Kier alpha value is -1.14. The largest absolute Gasteiger partial charge is 0.467 e. The highest BCUT2D eigenvalue weighted by atomic mass is 35.5. The van der Waals surface area contributed by atoms with E-state index in [4.69, 9.17) is 21.1 Å². The molecule has 6 nitrogen and oxygen atoms in total. The third-order valence-electron chi connectivity index (χ3n) is 1.50. The summed E-state index contributed by atoms with van der Waals surface area (Å²) in [6.45, 7) is 3.81. The Morgan fingerprint density at radius 1 is 1.33 bits per heavy atom. The second-order valence-electron chi connectivity index (χ2n) is 2.54. The van der Waals surface area contributed by atoms with Crippen LogP contribution in [0, 0.1) is 0 Å². The van der Waals surface area contributed by atoms with Crippen LogP contribution in [0.3, 0.4) is 0 Å². The van der Waals surface area contributed by atoms with Crippen LogP contribution in [0.25, 0.3) is 0 Å². The van der Waals surface area contributed by atoms with Gasteiger partial charge in [0.05, 0.1) is 13.7 Å². The highest BCUT2D eigenvalue weighted by Crippen LogP contribution is 2.10. The van der Waals surface area contributed by atoms with Crippen LogP contribution in [-0.4, -0.2) is 41.8 Å². The number of halogens is 1. The van der Waals surface area contributed by atoms with Crippen molar-refractivity contribution in [2.24, 2.45) is 0 Å². The molecule has 0 aliphatic rings. The van der Waals surface area contributed by atoms with Crippen LogP contribution in [0.1, 0.15) is 6.92 Å². The van der Waals surface area contributed by atoms with E-state index in [1.54, 1.807) is 0 Å². The Morgan fingerprint density at radius 3 is 2.80 bits per heavy atom. The maximum Gasteiger partial charge on any atom is 0.322 e. The molecule has 0 aliphatic heterocycles. The average molecular weight is 233 g/mol. The van der Waals surface area contributed by atoms with E-state index in [0.29, 0.717) is 25.7 Å². The minimum Gasteiger partial charge on any atom is -0.467 e. The van der Waals surface area contributed by atoms with Crippen molar-refractivity contribution in [3.8, 4) is 6.01 Å². The summed E-state index contributed by atoms with van der Waals surface area (Å²) >= 11 is 5.66. The lowest BCUT2D eigenvalue weighted by molar-refractivity contribution is 0.158. The monoisotopic (exact) mass is 232 g/mol. The van der Waals surface area contributed by atoms with Crippen molar-refractivity contribution >= 4 is 17.5 Å². The zero-order valence-corrected chi connectivity index (χ0v) is 9.41. The summed E-state index contributed by atoms with van der Waals surface area (Å²) in [6, 6.07) is 0.189. The minimum atomic E-state index is 0.0979. The Morgan fingerprint density at radius 2 is 2.13 bits per heavy atom. The van der Waals surface area contributed by atoms with E-state index in [-0.39, 0.29) is 11.3 Å². The van der Waals surface area contributed by atoms with Crippen LogP contribution in [0.4, 0.5) is 5.95 Å². The van der Waals surface area contributed by atoms with Gasteiger partial charge < -0.3 is 14.8 Å². The third-order valence-corrected chi connectivity index (χ3v) is 1.67. The molecule has 7 heteroatoms. The van der Waals surface area contributed by atoms with E-state index in [1.807, 2.05) is 6.92 Å². The van der Waals surface area contributed by atoms with Gasteiger partial charge in [0.1, 0.15) is 0 Å². The van der Waals surface area contributed by atoms with E-state index in [2.05, 4.69) is 20.3 Å². The maximum absolute atomic E-state index is 5.66. The molecule has 0 amide bonds. The second-order valence-corrected chi connectivity index (χ2v) is 2.88. The van der Waals surface area contributed by atoms with Crippen molar-refractivity contribution in [1.82, 2.24) is 15.0 Å². The predicted molar refractivity (Wildman–Crippen MR) is 56.4 cm³/mol. The molecular weight excluding hydrogens is 220 g/mol. The van der Waals surface area contributed by atoms with Gasteiger partial charge in [-0.1, -0.05) is 0 Å². The summed E-state index contributed by atoms with van der Waals surface area (Å²) in [7, 11) is 1.47. The number of ether oxygens (including phenoxy) is 2. The van der Waals surface area contributed by atoms with Crippen LogP contribution in [0.2, 0.25) is 5.28 Å². The SMILES string of the molecule is CCOCCNc1nc(Cl)nc(OC)n1. The van der Waals surface area contributed by atoms with E-state index < -0.39 is 0 Å². The van der Waals surface area contributed by atoms with E-state index in [0.717, 1.165) is 0 Å². The second kappa shape index (κ2) is 6.36. The summed E-state index contributed by atoms with van der Waals surface area (Å²) in [5, 5.41) is 3.04. The van der Waals surface area contributed by atoms with Gasteiger partial charge in [0.15, 0.2) is 0 Å². The molecule has 0 aromatic carbocycles. The van der Waals surface area contributed by atoms with Crippen molar-refractivity contribution < 1.29 is 9.47 Å². The highest BCUT2D eigenvalue weighted by Gasteiger charge is 2.03. The molecule has 0 atom stereocenters. The van der Waals surface area contributed by atoms with Crippen LogP contribution >= 0.6 is 11.6 Å². The molecule has 1 heterocycles. The molecule has 15 heavy (non-hydrogen) atoms. The minimum absolute atomic E-state index is 0.0979. The Balaban J connectivity index is 2.49. The average Bonchev–Trinajstić information content (AvgIpc) is 2.23. The summed E-state index contributed by atoms with van der Waals surface area (Å²) in [4.78, 5) is 11.6. The molecular formula is C8H13ClN4O2. The first kappa shape index (κ1) is 11.9. The molecule has 1 rings (SSSR count). The molecule has 84 valence electrons. The number of hydrogen-bond donors (Lipinski definition) is 1. The lowest BCUT2D eigenvalue weighted by atomic mass is 10.6. The first-order chi connectivity index (χ1) is 7.26. The zero-order valence-electron chi connectivity index (χ0n) is 8.66. The van der Waals surface area contributed by atoms with E-state index >= 15 is 0 Å². The van der Waals surface area contributed by atoms with Gasteiger partial charge in [0.2, 0.25) is 11.2 Å². The fourth-order valence-electron chi connectivity index (χ4n) is 0.882. The lowest BCUT2D eigenvalue weighted by Gasteiger charge is -2.05. The molecule has 0 unspecified atom stereocenters. The first-order valence-electron chi connectivity index (χ1n) is 4.53. The summed E-state index contributed by atoms with van der Waals surface area (Å²) in [5.74, 6) is 0.381. The normalized spacial score (nSPS) is 10.1. The van der Waals surface area contributed by atoms with E-state index in [1.165, 1.54) is 7.11 Å². The van der Waals surface area contributed by atoms with Gasteiger partial charge in [-0.25, -0.2) is 0 Å². The van der Waals surface area contributed by atoms with Crippen LogP contribution in [-0.2, 0) is 4.74 Å². The zero-order chi connectivity index (χ0) is 11.1. The van der Waals surface area contributed by atoms with Crippen LogP contribution in [0.5, 0.6) is 6.01 Å². The molecule has 1 aromatic heterocycles. The molecule has 0 radical (unpaired) electrons. The van der Waals surface area contributed by atoms with Gasteiger partial charge in [0, 0.05) is 13.2 Å². The van der Waals surface area contributed by atoms with Crippen molar-refractivity contribution in [1.29, 1.82) is 0 Å². The molecule has 0 spiro atoms. The van der Waals surface area contributed by atoms with Crippen molar-refractivity contribution in [3.05, 3.63) is 5.28 Å². The Kier molecular flexibility index (Phi) is 5.06. The molecule has 1 N–H and O–H groups in total. The standard InChI is InChI=1S/C8H13ClN4O2/c1-3-15-5-4-10-7-11-6(9)12-8(13-7)14-2/h3-5H2,1-2H3,(H,10,11,12,13). The molecule has 0 fully saturated rings. The number of hydrogen-bond acceptors (Lipinski definition) is 6. The van der Waals surface area contributed by atoms with Gasteiger partial charge in [-0.15, -0.1) is 0 Å². The van der Waals surface area contributed by atoms with Gasteiger partial charge in [0.25, 0.3) is 0 Å². The van der Waals surface area contributed by atoms with Crippen LogP contribution < -0.4 is 10.1 Å². The lowest BCUT2D eigenvalue weighted by Crippen LogP contribution is -2.12. The van der Waals surface area contributed by atoms with Gasteiger partial charge >= 0.3 is 6.01 Å². The summed E-state index contributed by atoms with van der Waals surface area (Å²) < 4.78 is 9.99. The number of nitrogens with one attached hydrogen (secondary N) is 1. The van der Waals surface area contributed by atoms with Crippen molar-refractivity contribution in [2.45, 2.75) is 6.92 Å². The first-order valence-corrected chi connectivity index (χ1v) is 4.91. The number of rotatable bonds is 6. The molecule has 0 aliphatic carbocycles. The third kappa shape index (κ3) is 4.26. The smallest absolute Gasteiger partial charge is 0.322 e. The predicted octanol–water partition coefficient (Wildman–Crippen LogP) is 0.982. The van der Waals surface area contributed by atoms with Gasteiger partial charge in [-0.05, 0) is 18.5 Å². The number of nitrogens with zero attached hydrogens (tertiary/aromatic N) is 3. The molecule has 0 saturated carbocycles. The van der Waals surface area contributed by atoms with Crippen molar-refractivity contribution in [3.63, 3.8) is 0 Å². The summed E-state index contributed by atoms with van der Waals surface area (Å²) in [6.07, 6.45) is 0. The molecule has 1 aromatic rings. The van der Waals surface area contributed by atoms with Gasteiger partial charge in [-0.2, -0.15) is 15.0 Å². The Bertz CT molecular complexity index is 311. The number of methoxy groups -OCH3 is 1. The van der Waals surface area contributed by atoms with Crippen LogP contribution in [0.15, 0.2) is 0 Å². The number of anilines is 1. The maximum atomic E-state index is 5.66. The topological polar surface area (TPSA) is 69.2 Å².